The fraction of sp³-hybridized carbons (Fsp3) is 0.267. The fourth-order valence-electron chi connectivity index (χ4n) is 2.13. The number of amides is 2. The van der Waals surface area contributed by atoms with Crippen molar-refractivity contribution in [2.24, 2.45) is 0 Å². The highest BCUT2D eigenvalue weighted by Gasteiger charge is 2.24. The number of ether oxygens (including phenoxy) is 1. The van der Waals surface area contributed by atoms with Gasteiger partial charge in [0.1, 0.15) is 23.1 Å². The molecule has 120 valence electrons. The number of thiazole rings is 1. The second-order valence-corrected chi connectivity index (χ2v) is 6.32. The van der Waals surface area contributed by atoms with Crippen molar-refractivity contribution in [3.05, 3.63) is 45.4 Å². The van der Waals surface area contributed by atoms with E-state index in [9.17, 15) is 9.59 Å². The van der Waals surface area contributed by atoms with Crippen LogP contribution in [0.3, 0.4) is 0 Å². The van der Waals surface area contributed by atoms with Crippen molar-refractivity contribution in [3.63, 3.8) is 0 Å². The number of piperazine rings is 1. The highest BCUT2D eigenvalue weighted by molar-refractivity contribution is 7.09. The first kappa shape index (κ1) is 15.8. The highest BCUT2D eigenvalue weighted by Crippen LogP contribution is 2.18. The minimum Gasteiger partial charge on any atom is -0.486 e. The van der Waals surface area contributed by atoms with E-state index in [-0.39, 0.29) is 25.0 Å². The third-order valence-corrected chi connectivity index (χ3v) is 4.35. The number of benzene rings is 1. The molecule has 2 amide bonds. The molecule has 2 heterocycles. The average Bonchev–Trinajstić information content (AvgIpc) is 3.02. The molecule has 0 radical (unpaired) electrons. The molecular formula is C15H14ClN3O3S. The van der Waals surface area contributed by atoms with E-state index < -0.39 is 0 Å². The maximum absolute atomic E-state index is 12.3. The Morgan fingerprint density at radius 3 is 2.91 bits per heavy atom. The standard InChI is InChI=1S/C15H14ClN3O3S/c16-10-1-3-11(4-2-10)22-8-14-18-12(9-23-14)15(21)19-6-5-17-13(20)7-19/h1-4,9H,5-8H2,(H,17,20). The summed E-state index contributed by atoms with van der Waals surface area (Å²) < 4.78 is 5.60. The van der Waals surface area contributed by atoms with Gasteiger partial charge in [0.15, 0.2) is 0 Å². The Morgan fingerprint density at radius 1 is 1.39 bits per heavy atom. The van der Waals surface area contributed by atoms with Crippen LogP contribution in [0.5, 0.6) is 5.75 Å². The minimum atomic E-state index is -0.228. The lowest BCUT2D eigenvalue weighted by Gasteiger charge is -2.25. The summed E-state index contributed by atoms with van der Waals surface area (Å²) in [6.07, 6.45) is 0. The first-order valence-corrected chi connectivity index (χ1v) is 8.26. The molecule has 0 aliphatic carbocycles. The molecule has 23 heavy (non-hydrogen) atoms. The lowest BCUT2D eigenvalue weighted by atomic mass is 10.3. The van der Waals surface area contributed by atoms with Crippen LogP contribution in [0.1, 0.15) is 15.5 Å². The van der Waals surface area contributed by atoms with Crippen LogP contribution in [0.2, 0.25) is 5.02 Å². The molecule has 3 rings (SSSR count). The van der Waals surface area contributed by atoms with Crippen LogP contribution in [0.25, 0.3) is 0 Å². The Morgan fingerprint density at radius 2 is 2.17 bits per heavy atom. The Bertz CT molecular complexity index is 717. The molecule has 1 fully saturated rings. The van der Waals surface area contributed by atoms with Gasteiger partial charge in [-0.2, -0.15) is 0 Å². The summed E-state index contributed by atoms with van der Waals surface area (Å²) in [5.74, 6) is 0.310. The lowest BCUT2D eigenvalue weighted by molar-refractivity contribution is -0.123. The second kappa shape index (κ2) is 6.97. The molecule has 1 aliphatic heterocycles. The summed E-state index contributed by atoms with van der Waals surface area (Å²) in [4.78, 5) is 29.4. The second-order valence-electron chi connectivity index (χ2n) is 4.95. The number of rotatable bonds is 4. The topological polar surface area (TPSA) is 71.5 Å². The maximum Gasteiger partial charge on any atom is 0.273 e. The van der Waals surface area contributed by atoms with E-state index in [4.69, 9.17) is 16.3 Å². The monoisotopic (exact) mass is 351 g/mol. The normalized spacial score (nSPS) is 14.5. The van der Waals surface area contributed by atoms with Crippen LogP contribution in [0.15, 0.2) is 29.6 Å². The number of carbonyl (C=O) groups is 2. The van der Waals surface area contributed by atoms with Crippen molar-refractivity contribution < 1.29 is 14.3 Å². The summed E-state index contributed by atoms with van der Waals surface area (Å²) in [6, 6.07) is 7.03. The minimum absolute atomic E-state index is 0.0764. The first-order valence-electron chi connectivity index (χ1n) is 7.00. The van der Waals surface area contributed by atoms with Crippen LogP contribution in [0, 0.1) is 0 Å². The van der Waals surface area contributed by atoms with E-state index >= 15 is 0 Å². The van der Waals surface area contributed by atoms with Gasteiger partial charge in [0.05, 0.1) is 6.54 Å². The van der Waals surface area contributed by atoms with Crippen LogP contribution >= 0.6 is 22.9 Å². The summed E-state index contributed by atoms with van der Waals surface area (Å²) in [6.45, 7) is 1.33. The van der Waals surface area contributed by atoms with Gasteiger partial charge in [-0.3, -0.25) is 9.59 Å². The Labute approximate surface area is 142 Å². The quantitative estimate of drug-likeness (QED) is 0.913. The Hall–Kier alpha value is -2.12. The number of carbonyl (C=O) groups excluding carboxylic acids is 2. The predicted molar refractivity (Wildman–Crippen MR) is 86.8 cm³/mol. The summed E-state index contributed by atoms with van der Waals surface area (Å²) >= 11 is 7.17. The highest BCUT2D eigenvalue weighted by atomic mass is 35.5. The molecule has 8 heteroatoms. The zero-order chi connectivity index (χ0) is 16.2. The molecule has 0 atom stereocenters. The molecule has 1 aliphatic rings. The van der Waals surface area contributed by atoms with Gasteiger partial charge in [0, 0.05) is 23.5 Å². The molecule has 1 saturated heterocycles. The number of nitrogens with zero attached hydrogens (tertiary/aromatic N) is 2. The van der Waals surface area contributed by atoms with Gasteiger partial charge >= 0.3 is 0 Å². The van der Waals surface area contributed by atoms with Crippen LogP contribution < -0.4 is 10.1 Å². The van der Waals surface area contributed by atoms with E-state index in [0.717, 1.165) is 0 Å². The molecule has 0 bridgehead atoms. The number of hydrogen-bond acceptors (Lipinski definition) is 5. The van der Waals surface area contributed by atoms with Crippen molar-refractivity contribution in [1.29, 1.82) is 0 Å². The summed E-state index contributed by atoms with van der Waals surface area (Å²) in [5.41, 5.74) is 0.347. The van der Waals surface area contributed by atoms with Gasteiger partial charge < -0.3 is 15.0 Å². The van der Waals surface area contributed by atoms with E-state index in [2.05, 4.69) is 10.3 Å². The summed E-state index contributed by atoms with van der Waals surface area (Å²) in [7, 11) is 0. The summed E-state index contributed by atoms with van der Waals surface area (Å²) in [5, 5.41) is 5.72. The predicted octanol–water partition coefficient (Wildman–Crippen LogP) is 1.95. The van der Waals surface area contributed by atoms with Crippen LogP contribution in [-0.4, -0.2) is 41.3 Å². The van der Waals surface area contributed by atoms with E-state index in [1.165, 1.54) is 16.2 Å². The van der Waals surface area contributed by atoms with Crippen molar-refractivity contribution in [1.82, 2.24) is 15.2 Å². The van der Waals surface area contributed by atoms with E-state index in [1.54, 1.807) is 29.6 Å². The molecule has 0 saturated carbocycles. The van der Waals surface area contributed by atoms with E-state index in [1.807, 2.05) is 0 Å². The van der Waals surface area contributed by atoms with Gasteiger partial charge in [-0.1, -0.05) is 11.6 Å². The van der Waals surface area contributed by atoms with Crippen molar-refractivity contribution in [2.45, 2.75) is 6.61 Å². The molecule has 0 spiro atoms. The number of hydrogen-bond donors (Lipinski definition) is 1. The molecule has 1 aromatic carbocycles. The molecule has 6 nitrogen and oxygen atoms in total. The van der Waals surface area contributed by atoms with Gasteiger partial charge in [0.25, 0.3) is 5.91 Å². The number of halogens is 1. The van der Waals surface area contributed by atoms with Gasteiger partial charge in [-0.05, 0) is 24.3 Å². The molecule has 2 aromatic rings. The average molecular weight is 352 g/mol. The Kier molecular flexibility index (Phi) is 4.78. The zero-order valence-electron chi connectivity index (χ0n) is 12.1. The van der Waals surface area contributed by atoms with Gasteiger partial charge in [0.2, 0.25) is 5.91 Å². The third kappa shape index (κ3) is 4.00. The van der Waals surface area contributed by atoms with Gasteiger partial charge in [-0.15, -0.1) is 11.3 Å². The maximum atomic E-state index is 12.3. The zero-order valence-corrected chi connectivity index (χ0v) is 13.7. The van der Waals surface area contributed by atoms with Crippen LogP contribution in [-0.2, 0) is 11.4 Å². The molecular weight excluding hydrogens is 338 g/mol. The van der Waals surface area contributed by atoms with Crippen molar-refractivity contribution in [2.75, 3.05) is 19.6 Å². The van der Waals surface area contributed by atoms with Gasteiger partial charge in [-0.25, -0.2) is 4.98 Å². The number of aromatic nitrogens is 1. The van der Waals surface area contributed by atoms with Crippen LogP contribution in [0.4, 0.5) is 0 Å². The number of nitrogens with one attached hydrogen (secondary N) is 1. The molecule has 0 unspecified atom stereocenters. The Balaban J connectivity index is 1.60. The molecule has 1 aromatic heterocycles. The lowest BCUT2D eigenvalue weighted by Crippen LogP contribution is -2.50. The van der Waals surface area contributed by atoms with Crippen molar-refractivity contribution >= 4 is 34.8 Å². The third-order valence-electron chi connectivity index (χ3n) is 3.27. The van der Waals surface area contributed by atoms with Crippen molar-refractivity contribution in [3.8, 4) is 5.75 Å². The van der Waals surface area contributed by atoms with E-state index in [0.29, 0.717) is 34.6 Å². The smallest absolute Gasteiger partial charge is 0.273 e. The fourth-order valence-corrected chi connectivity index (χ4v) is 2.93. The molecule has 1 N–H and O–H groups in total. The largest absolute Gasteiger partial charge is 0.486 e. The SMILES string of the molecule is O=C1CN(C(=O)c2csc(COc3ccc(Cl)cc3)n2)CCN1. The first-order chi connectivity index (χ1) is 11.1.